The van der Waals surface area contributed by atoms with Gasteiger partial charge in [-0.15, -0.1) is 0 Å². The number of carbonyl (C=O) groups excluding carboxylic acids is 2. The maximum absolute atomic E-state index is 13.6. The second-order valence-corrected chi connectivity index (χ2v) is 9.42. The predicted octanol–water partition coefficient (Wildman–Crippen LogP) is 3.92. The summed E-state index contributed by atoms with van der Waals surface area (Å²) in [6, 6.07) is 11.9. The Morgan fingerprint density at radius 3 is 2.24 bits per heavy atom. The molecule has 4 rings (SSSR count). The molecule has 1 fully saturated rings. The van der Waals surface area contributed by atoms with E-state index in [9.17, 15) is 9.59 Å². The molecule has 0 saturated carbocycles. The highest BCUT2D eigenvalue weighted by atomic mass is 16.6. The zero-order valence-electron chi connectivity index (χ0n) is 20.0. The minimum Gasteiger partial charge on any atom is -0.450 e. The number of aryl methyl sites for hydroxylation is 1. The van der Waals surface area contributed by atoms with Gasteiger partial charge in [-0.3, -0.25) is 4.79 Å². The molecular weight excluding hydrogens is 418 g/mol. The summed E-state index contributed by atoms with van der Waals surface area (Å²) in [6.07, 6.45) is -0.334. The molecule has 0 N–H and O–H groups in total. The number of hydrogen-bond donors (Lipinski definition) is 0. The molecule has 1 aromatic carbocycles. The number of benzene rings is 1. The Morgan fingerprint density at radius 1 is 1.00 bits per heavy atom. The number of fused-ring (bicyclic) bond motifs is 1. The van der Waals surface area contributed by atoms with Crippen molar-refractivity contribution < 1.29 is 14.3 Å². The molecule has 3 aromatic rings. The highest BCUT2D eigenvalue weighted by Crippen LogP contribution is 2.26. The first-order valence-corrected chi connectivity index (χ1v) is 11.4. The van der Waals surface area contributed by atoms with E-state index >= 15 is 0 Å². The summed E-state index contributed by atoms with van der Waals surface area (Å²) in [5.74, 6) is -0.122. The molecule has 0 aliphatic carbocycles. The maximum Gasteiger partial charge on any atom is 0.409 e. The van der Waals surface area contributed by atoms with E-state index < -0.39 is 0 Å². The van der Waals surface area contributed by atoms with E-state index in [0.29, 0.717) is 44.1 Å². The van der Waals surface area contributed by atoms with Crippen LogP contribution in [0.15, 0.2) is 36.4 Å². The fourth-order valence-electron chi connectivity index (χ4n) is 3.83. The van der Waals surface area contributed by atoms with Gasteiger partial charge in [-0.1, -0.05) is 50.6 Å². The highest BCUT2D eigenvalue weighted by molar-refractivity contribution is 5.94. The molecular formula is C25H31N5O3. The number of amides is 2. The molecule has 1 aliphatic heterocycles. The first-order valence-electron chi connectivity index (χ1n) is 11.4. The van der Waals surface area contributed by atoms with Crippen molar-refractivity contribution in [1.29, 1.82) is 0 Å². The Bertz CT molecular complexity index is 1170. The second kappa shape index (κ2) is 8.84. The van der Waals surface area contributed by atoms with E-state index in [1.54, 1.807) is 21.2 Å². The third-order valence-electron chi connectivity index (χ3n) is 5.85. The third kappa shape index (κ3) is 4.69. The molecule has 1 aliphatic rings. The first-order chi connectivity index (χ1) is 15.7. The van der Waals surface area contributed by atoms with Crippen LogP contribution in [-0.2, 0) is 10.2 Å². The van der Waals surface area contributed by atoms with Crippen molar-refractivity contribution in [3.05, 3.63) is 53.3 Å². The van der Waals surface area contributed by atoms with E-state index in [2.05, 4.69) is 20.8 Å². The molecule has 2 aromatic heterocycles. The average Bonchev–Trinajstić information content (AvgIpc) is 3.24. The number of hydrogen-bond acceptors (Lipinski definition) is 5. The molecule has 1 saturated heterocycles. The van der Waals surface area contributed by atoms with Crippen LogP contribution >= 0.6 is 0 Å². The van der Waals surface area contributed by atoms with Crippen LogP contribution in [-0.4, -0.2) is 69.2 Å². The van der Waals surface area contributed by atoms with Gasteiger partial charge in [-0.25, -0.2) is 14.3 Å². The number of ether oxygens (including phenoxy) is 1. The van der Waals surface area contributed by atoms with Crippen LogP contribution in [0.3, 0.4) is 0 Å². The Hall–Kier alpha value is -3.42. The minimum atomic E-state index is -0.334. The van der Waals surface area contributed by atoms with Crippen LogP contribution in [0.1, 0.15) is 49.4 Å². The van der Waals surface area contributed by atoms with Gasteiger partial charge in [0, 0.05) is 43.2 Å². The van der Waals surface area contributed by atoms with Gasteiger partial charge < -0.3 is 14.5 Å². The van der Waals surface area contributed by atoms with Gasteiger partial charge in [-0.2, -0.15) is 5.10 Å². The van der Waals surface area contributed by atoms with Crippen LogP contribution in [0, 0.1) is 6.92 Å². The van der Waals surface area contributed by atoms with Crippen molar-refractivity contribution in [2.75, 3.05) is 32.8 Å². The molecule has 0 bridgehead atoms. The predicted molar refractivity (Wildman–Crippen MR) is 126 cm³/mol. The molecule has 0 radical (unpaired) electrons. The Labute approximate surface area is 194 Å². The van der Waals surface area contributed by atoms with Gasteiger partial charge in [0.15, 0.2) is 5.65 Å². The molecule has 0 spiro atoms. The number of nitrogens with zero attached hydrogens (tertiary/aromatic N) is 5. The Balaban J connectivity index is 1.70. The molecule has 174 valence electrons. The van der Waals surface area contributed by atoms with Crippen molar-refractivity contribution in [3.63, 3.8) is 0 Å². The number of piperazine rings is 1. The van der Waals surface area contributed by atoms with E-state index in [0.717, 1.165) is 22.5 Å². The highest BCUT2D eigenvalue weighted by Gasteiger charge is 2.28. The largest absolute Gasteiger partial charge is 0.450 e. The molecule has 8 nitrogen and oxygen atoms in total. The second-order valence-electron chi connectivity index (χ2n) is 9.42. The van der Waals surface area contributed by atoms with Crippen molar-refractivity contribution in [3.8, 4) is 11.3 Å². The molecule has 8 heteroatoms. The third-order valence-corrected chi connectivity index (χ3v) is 5.85. The normalized spacial score (nSPS) is 14.6. The summed E-state index contributed by atoms with van der Waals surface area (Å²) in [4.78, 5) is 33.9. The lowest BCUT2D eigenvalue weighted by Crippen LogP contribution is -2.51. The van der Waals surface area contributed by atoms with Crippen LogP contribution in [0.4, 0.5) is 4.79 Å². The van der Waals surface area contributed by atoms with Gasteiger partial charge in [0.05, 0.1) is 18.0 Å². The van der Waals surface area contributed by atoms with Gasteiger partial charge in [0.25, 0.3) is 5.91 Å². The van der Waals surface area contributed by atoms with Crippen molar-refractivity contribution in [1.82, 2.24) is 24.4 Å². The van der Waals surface area contributed by atoms with Crippen LogP contribution < -0.4 is 0 Å². The topological polar surface area (TPSA) is 80.0 Å². The first kappa shape index (κ1) is 22.8. The van der Waals surface area contributed by atoms with Gasteiger partial charge >= 0.3 is 6.09 Å². The van der Waals surface area contributed by atoms with E-state index in [1.165, 1.54) is 0 Å². The molecule has 0 atom stereocenters. The molecule has 3 heterocycles. The zero-order chi connectivity index (χ0) is 23.8. The lowest BCUT2D eigenvalue weighted by Gasteiger charge is -2.34. The summed E-state index contributed by atoms with van der Waals surface area (Å²) in [5.41, 5.74) is 4.65. The Morgan fingerprint density at radius 2 is 1.64 bits per heavy atom. The fraction of sp³-hybridized carbons (Fsp3) is 0.440. The maximum atomic E-state index is 13.6. The number of carbonyl (C=O) groups is 2. The van der Waals surface area contributed by atoms with E-state index in [4.69, 9.17) is 14.8 Å². The van der Waals surface area contributed by atoms with Crippen molar-refractivity contribution in [2.45, 2.75) is 40.0 Å². The summed E-state index contributed by atoms with van der Waals surface area (Å²) in [6.45, 7) is 12.2. The monoisotopic (exact) mass is 449 g/mol. The van der Waals surface area contributed by atoms with Crippen LogP contribution in [0.2, 0.25) is 0 Å². The lowest BCUT2D eigenvalue weighted by molar-refractivity contribution is 0.0563. The summed E-state index contributed by atoms with van der Waals surface area (Å²) in [7, 11) is 0. The number of rotatable bonds is 3. The average molecular weight is 450 g/mol. The van der Waals surface area contributed by atoms with E-state index in [1.807, 2.05) is 43.3 Å². The van der Waals surface area contributed by atoms with Crippen molar-refractivity contribution >= 4 is 17.6 Å². The summed E-state index contributed by atoms with van der Waals surface area (Å²) >= 11 is 0. The summed E-state index contributed by atoms with van der Waals surface area (Å²) in [5, 5.41) is 4.74. The summed E-state index contributed by atoms with van der Waals surface area (Å²) < 4.78 is 6.74. The van der Waals surface area contributed by atoms with E-state index in [-0.39, 0.29) is 17.4 Å². The number of aromatic nitrogens is 3. The van der Waals surface area contributed by atoms with Gasteiger partial charge in [0.2, 0.25) is 0 Å². The van der Waals surface area contributed by atoms with Gasteiger partial charge in [-0.05, 0) is 19.9 Å². The zero-order valence-corrected chi connectivity index (χ0v) is 20.0. The fourth-order valence-corrected chi connectivity index (χ4v) is 3.83. The van der Waals surface area contributed by atoms with Gasteiger partial charge in [0.1, 0.15) is 5.69 Å². The molecule has 0 unspecified atom stereocenters. The minimum absolute atomic E-state index is 0.122. The Kier molecular flexibility index (Phi) is 6.10. The van der Waals surface area contributed by atoms with Crippen LogP contribution in [0.5, 0.6) is 0 Å². The standard InChI is InChI=1S/C25H31N5O3/c1-6-33-24(32)29-13-11-28(12-14-29)23(31)20-15-19(18-9-7-17(2)8-10-18)26-22-16-21(25(3,4)5)27-30(20)22/h7-10,15-16H,6,11-14H2,1-5H3. The van der Waals surface area contributed by atoms with Crippen molar-refractivity contribution in [2.24, 2.45) is 0 Å². The molecule has 33 heavy (non-hydrogen) atoms. The smallest absolute Gasteiger partial charge is 0.409 e. The SMILES string of the molecule is CCOC(=O)N1CCN(C(=O)c2cc(-c3ccc(C)cc3)nc3cc(C(C)(C)C)nn23)CC1. The van der Waals surface area contributed by atoms with Crippen LogP contribution in [0.25, 0.3) is 16.9 Å². The quantitative estimate of drug-likeness (QED) is 0.606. The molecule has 2 amide bonds. The lowest BCUT2D eigenvalue weighted by atomic mass is 9.93.